The summed E-state index contributed by atoms with van der Waals surface area (Å²) in [5.41, 5.74) is 2.42. The molecule has 1 aromatic heterocycles. The fraction of sp³-hybridized carbons (Fsp3) is 0.375. The number of nitrogens with one attached hydrogen (secondary N) is 1. The molecule has 0 saturated carbocycles. The van der Waals surface area contributed by atoms with E-state index >= 15 is 0 Å². The van der Waals surface area contributed by atoms with E-state index in [1.165, 1.54) is 4.68 Å². The van der Waals surface area contributed by atoms with E-state index in [9.17, 15) is 4.79 Å². The quantitative estimate of drug-likeness (QED) is 0.888. The highest BCUT2D eigenvalue weighted by molar-refractivity contribution is 6.32. The highest BCUT2D eigenvalue weighted by Gasteiger charge is 2.07. The summed E-state index contributed by atoms with van der Waals surface area (Å²) < 4.78 is 6.80. The Morgan fingerprint density at radius 1 is 1.36 bits per heavy atom. The summed E-state index contributed by atoms with van der Waals surface area (Å²) in [6.07, 6.45) is 1.75. The molecule has 2 aromatic rings. The molecule has 0 aliphatic rings. The molecule has 22 heavy (non-hydrogen) atoms. The summed E-state index contributed by atoms with van der Waals surface area (Å²) in [6.45, 7) is 5.16. The van der Waals surface area contributed by atoms with Crippen LogP contribution in [0, 0.1) is 0 Å². The Labute approximate surface area is 134 Å². The van der Waals surface area contributed by atoms with Crippen molar-refractivity contribution in [3.8, 4) is 0 Å². The third kappa shape index (κ3) is 4.32. The predicted molar refractivity (Wildman–Crippen MR) is 88.2 cm³/mol. The minimum absolute atomic E-state index is 0.150. The molecule has 0 fully saturated rings. The van der Waals surface area contributed by atoms with Gasteiger partial charge in [0.25, 0.3) is 5.56 Å². The highest BCUT2D eigenvalue weighted by Crippen LogP contribution is 2.16. The van der Waals surface area contributed by atoms with Gasteiger partial charge in [-0.2, -0.15) is 5.10 Å². The van der Waals surface area contributed by atoms with Crippen LogP contribution in [0.4, 0.5) is 5.69 Å². The van der Waals surface area contributed by atoms with Gasteiger partial charge in [0.1, 0.15) is 5.02 Å². The maximum Gasteiger partial charge on any atom is 0.287 e. The molecular weight excluding hydrogens is 302 g/mol. The Balaban J connectivity index is 2.04. The summed E-state index contributed by atoms with van der Waals surface area (Å²) in [4.78, 5) is 11.7. The average Bonchev–Trinajstić information content (AvgIpc) is 2.50. The van der Waals surface area contributed by atoms with Gasteiger partial charge >= 0.3 is 0 Å². The van der Waals surface area contributed by atoms with Crippen LogP contribution in [-0.4, -0.2) is 15.9 Å². The third-order valence-corrected chi connectivity index (χ3v) is 3.50. The molecule has 0 saturated heterocycles. The van der Waals surface area contributed by atoms with E-state index in [4.69, 9.17) is 16.3 Å². The number of aryl methyl sites for hydroxylation is 1. The van der Waals surface area contributed by atoms with Gasteiger partial charge in [0.05, 0.1) is 24.6 Å². The van der Waals surface area contributed by atoms with Gasteiger partial charge in [-0.1, -0.05) is 35.9 Å². The first-order chi connectivity index (χ1) is 10.5. The number of hydrogen-bond donors (Lipinski definition) is 1. The first-order valence-corrected chi connectivity index (χ1v) is 7.50. The Hall–Kier alpha value is -1.85. The topological polar surface area (TPSA) is 56.1 Å². The molecule has 5 nitrogen and oxygen atoms in total. The molecule has 1 heterocycles. The number of rotatable bonds is 6. The molecule has 1 aromatic carbocycles. The van der Waals surface area contributed by atoms with Crippen molar-refractivity contribution in [3.05, 3.63) is 57.0 Å². The zero-order valence-corrected chi connectivity index (χ0v) is 13.7. The van der Waals surface area contributed by atoms with E-state index in [1.807, 2.05) is 32.0 Å². The molecule has 6 heteroatoms. The minimum atomic E-state index is -0.314. The van der Waals surface area contributed by atoms with E-state index in [1.54, 1.807) is 13.2 Å². The Bertz CT molecular complexity index is 698. The van der Waals surface area contributed by atoms with Crippen molar-refractivity contribution in [3.63, 3.8) is 0 Å². The van der Waals surface area contributed by atoms with Crippen molar-refractivity contribution >= 4 is 17.3 Å². The lowest BCUT2D eigenvalue weighted by molar-refractivity contribution is 0.0657. The average molecular weight is 322 g/mol. The second-order valence-corrected chi connectivity index (χ2v) is 5.71. The molecule has 118 valence electrons. The number of anilines is 1. The monoisotopic (exact) mass is 321 g/mol. The van der Waals surface area contributed by atoms with Gasteiger partial charge in [-0.3, -0.25) is 4.79 Å². The summed E-state index contributed by atoms with van der Waals surface area (Å²) >= 11 is 6.02. The second kappa shape index (κ2) is 7.42. The lowest BCUT2D eigenvalue weighted by Gasteiger charge is -2.11. The van der Waals surface area contributed by atoms with Crippen molar-refractivity contribution in [2.75, 3.05) is 5.32 Å². The van der Waals surface area contributed by atoms with E-state index in [-0.39, 0.29) is 16.7 Å². The van der Waals surface area contributed by atoms with E-state index < -0.39 is 0 Å². The highest BCUT2D eigenvalue weighted by atomic mass is 35.5. The Morgan fingerprint density at radius 2 is 2.09 bits per heavy atom. The van der Waals surface area contributed by atoms with Gasteiger partial charge in [0, 0.05) is 13.6 Å². The summed E-state index contributed by atoms with van der Waals surface area (Å²) in [5.74, 6) is 0. The Morgan fingerprint density at radius 3 is 2.82 bits per heavy atom. The van der Waals surface area contributed by atoms with Crippen LogP contribution in [0.5, 0.6) is 0 Å². The SMILES string of the molecule is CC(C)OCc1cccc(CNc2cnn(C)c(=O)c2Cl)c1. The van der Waals surface area contributed by atoms with Crippen molar-refractivity contribution in [1.82, 2.24) is 9.78 Å². The molecule has 0 aliphatic carbocycles. The molecule has 0 spiro atoms. The van der Waals surface area contributed by atoms with E-state index in [2.05, 4.69) is 16.5 Å². The van der Waals surface area contributed by atoms with Crippen molar-refractivity contribution in [1.29, 1.82) is 0 Å². The van der Waals surface area contributed by atoms with Gasteiger partial charge in [0.15, 0.2) is 0 Å². The van der Waals surface area contributed by atoms with Crippen molar-refractivity contribution in [2.24, 2.45) is 7.05 Å². The molecular formula is C16H20ClN3O2. The lowest BCUT2D eigenvalue weighted by atomic mass is 10.1. The summed E-state index contributed by atoms with van der Waals surface area (Å²) in [6, 6.07) is 8.09. The molecule has 0 bridgehead atoms. The number of aromatic nitrogens is 2. The largest absolute Gasteiger partial charge is 0.378 e. The smallest absolute Gasteiger partial charge is 0.287 e. The lowest BCUT2D eigenvalue weighted by Crippen LogP contribution is -2.21. The van der Waals surface area contributed by atoms with Crippen LogP contribution >= 0.6 is 11.6 Å². The molecule has 0 radical (unpaired) electrons. The maximum absolute atomic E-state index is 11.7. The third-order valence-electron chi connectivity index (χ3n) is 3.14. The van der Waals surface area contributed by atoms with Crippen LogP contribution in [0.25, 0.3) is 0 Å². The number of hydrogen-bond acceptors (Lipinski definition) is 4. The van der Waals surface area contributed by atoms with Crippen LogP contribution < -0.4 is 10.9 Å². The first kappa shape index (κ1) is 16.5. The fourth-order valence-electron chi connectivity index (χ4n) is 1.92. The van der Waals surface area contributed by atoms with Gasteiger partial charge in [-0.05, 0) is 25.0 Å². The number of ether oxygens (including phenoxy) is 1. The van der Waals surface area contributed by atoms with Crippen LogP contribution in [-0.2, 0) is 24.9 Å². The number of nitrogens with zero attached hydrogens (tertiary/aromatic N) is 2. The standard InChI is InChI=1S/C16H20ClN3O2/c1-11(2)22-10-13-6-4-5-12(7-13)8-18-14-9-19-20(3)16(21)15(14)17/h4-7,9,11,18H,8,10H2,1-3H3. The van der Waals surface area contributed by atoms with Crippen LogP contribution in [0.2, 0.25) is 5.02 Å². The molecule has 0 amide bonds. The molecule has 0 unspecified atom stereocenters. The number of benzene rings is 1. The predicted octanol–water partition coefficient (Wildman–Crippen LogP) is 2.97. The van der Waals surface area contributed by atoms with Crippen LogP contribution in [0.1, 0.15) is 25.0 Å². The summed E-state index contributed by atoms with van der Waals surface area (Å²) in [5, 5.41) is 7.25. The molecule has 2 rings (SSSR count). The second-order valence-electron chi connectivity index (χ2n) is 5.33. The van der Waals surface area contributed by atoms with Gasteiger partial charge in [-0.25, -0.2) is 4.68 Å². The number of halogens is 1. The van der Waals surface area contributed by atoms with Crippen molar-refractivity contribution < 1.29 is 4.74 Å². The van der Waals surface area contributed by atoms with Crippen molar-refractivity contribution in [2.45, 2.75) is 33.1 Å². The maximum atomic E-state index is 11.7. The van der Waals surface area contributed by atoms with Gasteiger partial charge in [0.2, 0.25) is 0 Å². The van der Waals surface area contributed by atoms with E-state index in [0.717, 1.165) is 11.1 Å². The summed E-state index contributed by atoms with van der Waals surface area (Å²) in [7, 11) is 1.57. The molecule has 0 aliphatic heterocycles. The zero-order valence-electron chi connectivity index (χ0n) is 13.0. The zero-order chi connectivity index (χ0) is 16.1. The first-order valence-electron chi connectivity index (χ1n) is 7.12. The Kier molecular flexibility index (Phi) is 5.57. The fourth-order valence-corrected chi connectivity index (χ4v) is 2.16. The van der Waals surface area contributed by atoms with Crippen LogP contribution in [0.15, 0.2) is 35.3 Å². The minimum Gasteiger partial charge on any atom is -0.378 e. The van der Waals surface area contributed by atoms with Gasteiger partial charge in [-0.15, -0.1) is 0 Å². The normalized spacial score (nSPS) is 11.0. The molecule has 1 N–H and O–H groups in total. The van der Waals surface area contributed by atoms with E-state index in [0.29, 0.717) is 18.8 Å². The van der Waals surface area contributed by atoms with Gasteiger partial charge < -0.3 is 10.1 Å². The molecule has 0 atom stereocenters. The van der Waals surface area contributed by atoms with Crippen LogP contribution in [0.3, 0.4) is 0 Å².